The molecule has 8 N–H and O–H groups in total. The number of carbonyl (C=O) groups excluding carboxylic acids is 4. The molecule has 28 nitrogen and oxygen atoms in total. The Morgan fingerprint density at radius 2 is 0.694 bits per heavy atom. The lowest BCUT2D eigenvalue weighted by Gasteiger charge is -2.33. The van der Waals surface area contributed by atoms with Crippen LogP contribution in [0.25, 0.3) is 0 Å². The third kappa shape index (κ3) is 13.7. The highest BCUT2D eigenvalue weighted by atomic mass is 16.5. The van der Waals surface area contributed by atoms with Crippen molar-refractivity contribution in [2.45, 2.75) is 25.7 Å². The zero-order valence-corrected chi connectivity index (χ0v) is 25.6. The average molecular weight is 693 g/mol. The molecule has 49 heavy (non-hydrogen) atoms. The lowest BCUT2D eigenvalue weighted by Crippen LogP contribution is -2.42. The highest BCUT2D eigenvalue weighted by Gasteiger charge is 2.33. The number of anilines is 4. The Kier molecular flexibility index (Phi) is 14.3. The number of tetrazole rings is 4. The monoisotopic (exact) mass is 692 g/mol. The maximum absolute atomic E-state index is 12.3. The molecule has 264 valence electrons. The van der Waals surface area contributed by atoms with E-state index < -0.39 is 29.0 Å². The summed E-state index contributed by atoms with van der Waals surface area (Å²) >= 11 is 0. The summed E-state index contributed by atoms with van der Waals surface area (Å²) in [5.41, 5.74) is -1.03. The van der Waals surface area contributed by atoms with E-state index in [1.54, 1.807) is 0 Å². The molecule has 4 amide bonds. The molecular formula is C21H32N20O8. The first kappa shape index (κ1) is 35.8. The number of amides is 4. The second kappa shape index (κ2) is 19.6. The van der Waals surface area contributed by atoms with E-state index in [9.17, 15) is 19.2 Å². The van der Waals surface area contributed by atoms with Crippen LogP contribution in [0.5, 0.6) is 0 Å². The number of H-pyrrole nitrogens is 4. The highest BCUT2D eigenvalue weighted by Crippen LogP contribution is 2.22. The number of nitrogens with zero attached hydrogens (tertiary/aromatic N) is 12. The molecule has 0 aromatic carbocycles. The van der Waals surface area contributed by atoms with E-state index in [1.165, 1.54) is 0 Å². The molecule has 0 radical (unpaired) electrons. The summed E-state index contributed by atoms with van der Waals surface area (Å²) in [5.74, 6) is -1.36. The smallest absolute Gasteiger partial charge is 0.246 e. The molecule has 0 spiro atoms. The van der Waals surface area contributed by atoms with Gasteiger partial charge in [-0.1, -0.05) is 20.4 Å². The molecule has 0 atom stereocenters. The second-order valence-corrected chi connectivity index (χ2v) is 9.90. The van der Waals surface area contributed by atoms with Crippen molar-refractivity contribution in [3.63, 3.8) is 0 Å². The summed E-state index contributed by atoms with van der Waals surface area (Å²) in [4.78, 5) is 49.0. The molecule has 0 aliphatic rings. The SMILES string of the molecule is O=C(CCOCC(COCCC(=O)Nc1nnn[nH]1)(COCCC(=O)Nc1nnn[nH]1)COCCC(=O)Nc1nnn[nH]1)Nc1nnn[nH]1. The van der Waals surface area contributed by atoms with Crippen LogP contribution in [0.15, 0.2) is 0 Å². The van der Waals surface area contributed by atoms with Crippen LogP contribution in [0, 0.1) is 5.41 Å². The first-order valence-electron chi connectivity index (χ1n) is 14.3. The number of nitrogens with one attached hydrogen (secondary N) is 8. The zero-order chi connectivity index (χ0) is 34.6. The van der Waals surface area contributed by atoms with Crippen LogP contribution in [-0.4, -0.2) is 159 Å². The molecule has 0 saturated heterocycles. The number of hydrogen-bond donors (Lipinski definition) is 8. The van der Waals surface area contributed by atoms with Crippen LogP contribution in [0.2, 0.25) is 0 Å². The van der Waals surface area contributed by atoms with Crippen LogP contribution in [0.3, 0.4) is 0 Å². The molecule has 0 fully saturated rings. The van der Waals surface area contributed by atoms with E-state index in [2.05, 4.69) is 104 Å². The lowest BCUT2D eigenvalue weighted by atomic mass is 9.92. The van der Waals surface area contributed by atoms with Crippen molar-refractivity contribution in [1.82, 2.24) is 82.5 Å². The Bertz CT molecular complexity index is 1290. The largest absolute Gasteiger partial charge is 0.380 e. The fourth-order valence-corrected chi connectivity index (χ4v) is 3.69. The molecular weight excluding hydrogens is 660 g/mol. The summed E-state index contributed by atoms with van der Waals surface area (Å²) in [6, 6.07) is 0. The summed E-state index contributed by atoms with van der Waals surface area (Å²) < 4.78 is 23.4. The van der Waals surface area contributed by atoms with E-state index in [0.29, 0.717) is 0 Å². The van der Waals surface area contributed by atoms with Gasteiger partial charge in [0.1, 0.15) is 0 Å². The van der Waals surface area contributed by atoms with Crippen molar-refractivity contribution in [3.8, 4) is 0 Å². The topological polar surface area (TPSA) is 371 Å². The van der Waals surface area contributed by atoms with Gasteiger partial charge in [-0.3, -0.25) is 40.4 Å². The first-order valence-corrected chi connectivity index (χ1v) is 14.3. The van der Waals surface area contributed by atoms with Gasteiger partial charge >= 0.3 is 0 Å². The molecule has 0 aliphatic heterocycles. The number of carbonyl (C=O) groups is 4. The van der Waals surface area contributed by atoms with E-state index in [0.717, 1.165) is 0 Å². The van der Waals surface area contributed by atoms with Gasteiger partial charge in [0, 0.05) is 0 Å². The predicted octanol–water partition coefficient (Wildman–Crippen LogP) is -3.79. The number of ether oxygens (including phenoxy) is 4. The molecule has 28 heteroatoms. The standard InChI is InChI=1S/C21H32N20O8/c42-13(22-17-26-34-35-27-17)1-5-46-9-21(10-47-6-2-14(43)23-18-28-36-37-29-18,11-48-7-3-15(44)24-19-30-38-39-31-19)12-49-8-4-16(45)25-20-32-40-41-33-20/h1-12H2,(H2,22,26,27,34,35,42)(H2,23,28,29,36,37,43)(H2,24,30,31,38,39,44)(H2,25,32,33,40,41,45). The molecule has 0 aliphatic carbocycles. The molecule has 4 aromatic rings. The zero-order valence-electron chi connectivity index (χ0n) is 25.6. The van der Waals surface area contributed by atoms with Gasteiger partial charge in [0.05, 0.1) is 84.0 Å². The molecule has 4 heterocycles. The van der Waals surface area contributed by atoms with Crippen molar-refractivity contribution in [2.75, 3.05) is 74.1 Å². The van der Waals surface area contributed by atoms with Crippen molar-refractivity contribution in [1.29, 1.82) is 0 Å². The average Bonchev–Trinajstić information content (AvgIpc) is 3.92. The van der Waals surface area contributed by atoms with Gasteiger partial charge in [0.25, 0.3) is 0 Å². The van der Waals surface area contributed by atoms with Gasteiger partial charge in [-0.2, -0.15) is 0 Å². The van der Waals surface area contributed by atoms with E-state index >= 15 is 0 Å². The lowest BCUT2D eigenvalue weighted by molar-refractivity contribution is -0.125. The number of aromatic nitrogens is 16. The van der Waals surface area contributed by atoms with Gasteiger partial charge in [-0.15, -0.1) is 0 Å². The Labute approximate surface area is 273 Å². The maximum atomic E-state index is 12.3. The number of aromatic amines is 4. The van der Waals surface area contributed by atoms with Gasteiger partial charge < -0.3 is 18.9 Å². The van der Waals surface area contributed by atoms with E-state index in [4.69, 9.17) is 18.9 Å². The fourth-order valence-electron chi connectivity index (χ4n) is 3.69. The summed E-state index contributed by atoms with van der Waals surface area (Å²) in [7, 11) is 0. The van der Waals surface area contributed by atoms with Crippen molar-refractivity contribution in [2.24, 2.45) is 5.41 Å². The van der Waals surface area contributed by atoms with Gasteiger partial charge in [0.15, 0.2) is 0 Å². The summed E-state index contributed by atoms with van der Waals surface area (Å²) in [6.45, 7) is -0.294. The highest BCUT2D eigenvalue weighted by molar-refractivity contribution is 5.90. The third-order valence-corrected chi connectivity index (χ3v) is 5.94. The predicted molar refractivity (Wildman–Crippen MR) is 155 cm³/mol. The van der Waals surface area contributed by atoms with Gasteiger partial charge in [0.2, 0.25) is 47.4 Å². The molecule has 0 bridgehead atoms. The Balaban J connectivity index is 1.33. The van der Waals surface area contributed by atoms with Crippen LogP contribution in [0.4, 0.5) is 23.8 Å². The minimum Gasteiger partial charge on any atom is -0.380 e. The van der Waals surface area contributed by atoms with Crippen molar-refractivity contribution >= 4 is 47.4 Å². The van der Waals surface area contributed by atoms with Crippen LogP contribution in [0.1, 0.15) is 25.7 Å². The normalized spacial score (nSPS) is 11.3. The molecule has 4 aromatic heterocycles. The second-order valence-electron chi connectivity index (χ2n) is 9.90. The Morgan fingerprint density at radius 1 is 0.449 bits per heavy atom. The molecule has 0 unspecified atom stereocenters. The number of hydrogen-bond acceptors (Lipinski definition) is 20. The molecule has 4 rings (SSSR count). The number of rotatable bonds is 24. The first-order chi connectivity index (χ1) is 23.9. The fraction of sp³-hybridized carbons (Fsp3) is 0.619. The van der Waals surface area contributed by atoms with E-state index in [-0.39, 0.29) is 102 Å². The maximum Gasteiger partial charge on any atom is 0.246 e. The Morgan fingerprint density at radius 3 is 0.898 bits per heavy atom. The van der Waals surface area contributed by atoms with Crippen LogP contribution >= 0.6 is 0 Å². The van der Waals surface area contributed by atoms with Gasteiger partial charge in [-0.05, 0) is 41.7 Å². The Hall–Kier alpha value is -6.00. The summed E-state index contributed by atoms with van der Waals surface area (Å²) in [5, 5.41) is 61.0. The quantitative estimate of drug-likeness (QED) is 0.0326. The van der Waals surface area contributed by atoms with Gasteiger partial charge in [-0.25, -0.2) is 20.4 Å². The van der Waals surface area contributed by atoms with Crippen LogP contribution in [-0.2, 0) is 38.1 Å². The summed E-state index contributed by atoms with van der Waals surface area (Å²) in [6.07, 6.45) is -0.209. The van der Waals surface area contributed by atoms with E-state index in [1.807, 2.05) is 0 Å². The third-order valence-electron chi connectivity index (χ3n) is 5.94. The van der Waals surface area contributed by atoms with Crippen LogP contribution < -0.4 is 21.3 Å². The minimum absolute atomic E-state index is 0.0238. The van der Waals surface area contributed by atoms with Crippen molar-refractivity contribution in [3.05, 3.63) is 0 Å². The van der Waals surface area contributed by atoms with Crippen molar-refractivity contribution < 1.29 is 38.1 Å². The minimum atomic E-state index is -1.03. The molecule has 0 saturated carbocycles.